The summed E-state index contributed by atoms with van der Waals surface area (Å²) in [6.45, 7) is 5.91. The second kappa shape index (κ2) is 4.95. The van der Waals surface area contributed by atoms with E-state index in [1.165, 1.54) is 11.3 Å². The van der Waals surface area contributed by atoms with E-state index in [0.717, 1.165) is 5.56 Å². The van der Waals surface area contributed by atoms with Gasteiger partial charge in [-0.25, -0.2) is 4.79 Å². The molecule has 90 valence electrons. The van der Waals surface area contributed by atoms with Crippen LogP contribution < -0.4 is 5.32 Å². The molecule has 1 atom stereocenters. The fourth-order valence-electron chi connectivity index (χ4n) is 1.13. The molecule has 0 bridgehead atoms. The second-order valence-electron chi connectivity index (χ2n) is 4.33. The molecule has 4 nitrogen and oxygen atoms in total. The van der Waals surface area contributed by atoms with Gasteiger partial charge in [0.25, 0.3) is 0 Å². The first-order chi connectivity index (χ1) is 7.34. The van der Waals surface area contributed by atoms with Gasteiger partial charge in [-0.3, -0.25) is 0 Å². The highest BCUT2D eigenvalue weighted by atomic mass is 32.1. The SMILES string of the molecule is CC(O)C(C)(C)NCc1ccsc1C(=O)O. The smallest absolute Gasteiger partial charge is 0.346 e. The quantitative estimate of drug-likeness (QED) is 0.736. The van der Waals surface area contributed by atoms with Crippen LogP contribution in [0.2, 0.25) is 0 Å². The Morgan fingerprint density at radius 3 is 2.75 bits per heavy atom. The summed E-state index contributed by atoms with van der Waals surface area (Å²) in [6, 6.07) is 1.79. The van der Waals surface area contributed by atoms with E-state index in [1.807, 2.05) is 13.8 Å². The van der Waals surface area contributed by atoms with Gasteiger partial charge in [-0.1, -0.05) is 0 Å². The van der Waals surface area contributed by atoms with Crippen LogP contribution in [0.5, 0.6) is 0 Å². The molecule has 0 spiro atoms. The molecule has 0 amide bonds. The summed E-state index contributed by atoms with van der Waals surface area (Å²) >= 11 is 1.21. The van der Waals surface area contributed by atoms with Crippen LogP contribution in [0.25, 0.3) is 0 Å². The van der Waals surface area contributed by atoms with Crippen molar-refractivity contribution in [2.75, 3.05) is 0 Å². The molecule has 1 aromatic heterocycles. The number of carboxylic acids is 1. The minimum atomic E-state index is -0.901. The molecule has 0 fully saturated rings. The number of rotatable bonds is 5. The molecule has 0 saturated carbocycles. The summed E-state index contributed by atoms with van der Waals surface area (Å²) in [6.07, 6.45) is -0.501. The number of carboxylic acid groups (broad SMARTS) is 1. The highest BCUT2D eigenvalue weighted by Crippen LogP contribution is 2.18. The van der Waals surface area contributed by atoms with Gasteiger partial charge in [0, 0.05) is 12.1 Å². The van der Waals surface area contributed by atoms with Crippen molar-refractivity contribution >= 4 is 17.3 Å². The molecular weight excluding hydrogens is 226 g/mol. The lowest BCUT2D eigenvalue weighted by atomic mass is 9.98. The van der Waals surface area contributed by atoms with Crippen molar-refractivity contribution < 1.29 is 15.0 Å². The number of hydrogen-bond acceptors (Lipinski definition) is 4. The predicted molar refractivity (Wildman–Crippen MR) is 63.9 cm³/mol. The minimum Gasteiger partial charge on any atom is -0.477 e. The Balaban J connectivity index is 2.68. The number of aliphatic hydroxyl groups excluding tert-OH is 1. The molecule has 16 heavy (non-hydrogen) atoms. The van der Waals surface area contributed by atoms with Gasteiger partial charge < -0.3 is 15.5 Å². The zero-order chi connectivity index (χ0) is 12.3. The van der Waals surface area contributed by atoms with Crippen LogP contribution in [0.3, 0.4) is 0 Å². The molecule has 0 aromatic carbocycles. The lowest BCUT2D eigenvalue weighted by Crippen LogP contribution is -2.47. The van der Waals surface area contributed by atoms with Crippen LogP contribution in [-0.4, -0.2) is 27.8 Å². The van der Waals surface area contributed by atoms with Gasteiger partial charge >= 0.3 is 5.97 Å². The van der Waals surface area contributed by atoms with Crippen LogP contribution in [0.1, 0.15) is 36.0 Å². The average molecular weight is 243 g/mol. The van der Waals surface area contributed by atoms with Crippen LogP contribution in [-0.2, 0) is 6.54 Å². The zero-order valence-electron chi connectivity index (χ0n) is 9.65. The molecule has 5 heteroatoms. The minimum absolute atomic E-state index is 0.355. The first kappa shape index (κ1) is 13.2. The van der Waals surface area contributed by atoms with Crippen LogP contribution in [0, 0.1) is 0 Å². The zero-order valence-corrected chi connectivity index (χ0v) is 10.5. The molecule has 1 unspecified atom stereocenters. The summed E-state index contributed by atoms with van der Waals surface area (Å²) in [7, 11) is 0. The van der Waals surface area contributed by atoms with Crippen molar-refractivity contribution in [2.45, 2.75) is 39.0 Å². The number of hydrogen-bond donors (Lipinski definition) is 3. The van der Waals surface area contributed by atoms with Crippen molar-refractivity contribution in [2.24, 2.45) is 0 Å². The Labute approximate surface area is 98.9 Å². The van der Waals surface area contributed by atoms with E-state index in [4.69, 9.17) is 5.11 Å². The Morgan fingerprint density at radius 1 is 1.62 bits per heavy atom. The van der Waals surface area contributed by atoms with Gasteiger partial charge in [0.05, 0.1) is 6.10 Å². The van der Waals surface area contributed by atoms with Crippen LogP contribution >= 0.6 is 11.3 Å². The molecule has 1 rings (SSSR count). The molecule has 0 radical (unpaired) electrons. The maximum atomic E-state index is 10.9. The van der Waals surface area contributed by atoms with Gasteiger partial charge in [-0.2, -0.15) is 0 Å². The normalized spacial score (nSPS) is 13.8. The average Bonchev–Trinajstić information content (AvgIpc) is 2.62. The Kier molecular flexibility index (Phi) is 4.07. The lowest BCUT2D eigenvalue weighted by Gasteiger charge is -2.29. The van der Waals surface area contributed by atoms with Gasteiger partial charge in [-0.05, 0) is 37.8 Å². The molecule has 0 aliphatic carbocycles. The van der Waals surface area contributed by atoms with E-state index in [2.05, 4.69) is 5.32 Å². The van der Waals surface area contributed by atoms with Gasteiger partial charge in [-0.15, -0.1) is 11.3 Å². The number of carbonyl (C=O) groups is 1. The van der Waals surface area contributed by atoms with Crippen molar-refractivity contribution in [1.29, 1.82) is 0 Å². The Hall–Kier alpha value is -0.910. The van der Waals surface area contributed by atoms with E-state index in [9.17, 15) is 9.90 Å². The summed E-state index contributed by atoms with van der Waals surface area (Å²) in [5.41, 5.74) is 0.323. The number of nitrogens with one attached hydrogen (secondary N) is 1. The molecule has 1 heterocycles. The van der Waals surface area contributed by atoms with Gasteiger partial charge in [0.1, 0.15) is 4.88 Å². The van der Waals surface area contributed by atoms with Crippen molar-refractivity contribution in [3.05, 3.63) is 21.9 Å². The Morgan fingerprint density at radius 2 is 2.25 bits per heavy atom. The van der Waals surface area contributed by atoms with Crippen molar-refractivity contribution in [3.8, 4) is 0 Å². The van der Waals surface area contributed by atoms with E-state index in [0.29, 0.717) is 11.4 Å². The largest absolute Gasteiger partial charge is 0.477 e. The highest BCUT2D eigenvalue weighted by Gasteiger charge is 2.24. The van der Waals surface area contributed by atoms with E-state index in [1.54, 1.807) is 18.4 Å². The summed E-state index contributed by atoms with van der Waals surface area (Å²) in [5, 5.41) is 23.3. The summed E-state index contributed by atoms with van der Waals surface area (Å²) in [4.78, 5) is 11.2. The third-order valence-corrected chi connectivity index (χ3v) is 3.66. The van der Waals surface area contributed by atoms with Crippen LogP contribution in [0.15, 0.2) is 11.4 Å². The third-order valence-electron chi connectivity index (χ3n) is 2.72. The molecule has 0 aliphatic rings. The fraction of sp³-hybridized carbons (Fsp3) is 0.545. The maximum absolute atomic E-state index is 10.9. The summed E-state index contributed by atoms with van der Waals surface area (Å²) in [5.74, 6) is -0.901. The van der Waals surface area contributed by atoms with Gasteiger partial charge in [0.15, 0.2) is 0 Å². The standard InChI is InChI=1S/C11H17NO3S/c1-7(13)11(2,3)12-6-8-4-5-16-9(8)10(14)15/h4-5,7,12-13H,6H2,1-3H3,(H,14,15). The van der Waals surface area contributed by atoms with E-state index < -0.39 is 17.6 Å². The van der Waals surface area contributed by atoms with E-state index in [-0.39, 0.29) is 0 Å². The highest BCUT2D eigenvalue weighted by molar-refractivity contribution is 7.12. The molecule has 0 saturated heterocycles. The lowest BCUT2D eigenvalue weighted by molar-refractivity contribution is 0.0700. The number of aromatic carboxylic acids is 1. The first-order valence-electron chi connectivity index (χ1n) is 5.07. The van der Waals surface area contributed by atoms with E-state index >= 15 is 0 Å². The first-order valence-corrected chi connectivity index (χ1v) is 5.95. The third kappa shape index (κ3) is 3.04. The Bertz CT molecular complexity index is 371. The van der Waals surface area contributed by atoms with Crippen LogP contribution in [0.4, 0.5) is 0 Å². The summed E-state index contributed by atoms with van der Waals surface area (Å²) < 4.78 is 0. The maximum Gasteiger partial charge on any atom is 0.346 e. The fourth-order valence-corrected chi connectivity index (χ4v) is 1.89. The number of aliphatic hydroxyl groups is 1. The van der Waals surface area contributed by atoms with Crippen molar-refractivity contribution in [1.82, 2.24) is 5.32 Å². The molecular formula is C11H17NO3S. The second-order valence-corrected chi connectivity index (χ2v) is 5.25. The topological polar surface area (TPSA) is 69.6 Å². The predicted octanol–water partition coefficient (Wildman–Crippen LogP) is 1.70. The monoisotopic (exact) mass is 243 g/mol. The van der Waals surface area contributed by atoms with Crippen molar-refractivity contribution in [3.63, 3.8) is 0 Å². The van der Waals surface area contributed by atoms with Gasteiger partial charge in [0.2, 0.25) is 0 Å². The molecule has 0 aliphatic heterocycles. The number of thiophene rings is 1. The molecule has 3 N–H and O–H groups in total. The molecule has 1 aromatic rings.